The Morgan fingerprint density at radius 2 is 1.55 bits per heavy atom. The fraction of sp³-hybridized carbons (Fsp3) is 0.424. The van der Waals surface area contributed by atoms with Crippen LogP contribution >= 0.6 is 0 Å². The van der Waals surface area contributed by atoms with Gasteiger partial charge in [0.05, 0.1) is 39.3 Å². The molecule has 0 spiro atoms. The number of carbonyl (C=O) groups is 1. The first-order valence-electron chi connectivity index (χ1n) is 14.6. The van der Waals surface area contributed by atoms with Crippen molar-refractivity contribution in [1.82, 2.24) is 16.0 Å². The molecule has 0 bridgehead atoms. The van der Waals surface area contributed by atoms with Gasteiger partial charge in [-0.1, -0.05) is 92.7 Å². The number of ether oxygens (including phenoxy) is 4. The van der Waals surface area contributed by atoms with Crippen LogP contribution in [-0.2, 0) is 25.4 Å². The Kier molecular flexibility index (Phi) is 12.3. The lowest BCUT2D eigenvalue weighted by Gasteiger charge is -2.32. The van der Waals surface area contributed by atoms with Crippen LogP contribution in [-0.4, -0.2) is 63.2 Å². The highest BCUT2D eigenvalue weighted by molar-refractivity contribution is 5.78. The summed E-state index contributed by atoms with van der Waals surface area (Å²) >= 11 is 0. The number of carbonyl (C=O) groups excluding carboxylic acids is 1. The number of hydrogen-bond donors (Lipinski definition) is 4. The van der Waals surface area contributed by atoms with Crippen molar-refractivity contribution in [2.45, 2.75) is 51.8 Å². The predicted octanol–water partition coefficient (Wildman–Crippen LogP) is 4.56. The highest BCUT2D eigenvalue weighted by Gasteiger charge is 2.32. The Hall–Kier alpha value is -3.31. The molecule has 0 radical (unpaired) electrons. The zero-order chi connectivity index (χ0) is 29.7. The standard InChI is InChI=1S/C33H43N3O6/c1-4-39-33(38)42-31(35-21-34-22-37)30(18-24-12-6-5-7-13-24)36-32(40-19-23(2)3)41-20-29-27-16-10-8-14-25(27)26-15-9-11-17-28(26)29/h5-17,23,29-32,34-37H,4,18-22H2,1-3H3/t30-,31-,32-/m0/s1. The summed E-state index contributed by atoms with van der Waals surface area (Å²) in [7, 11) is 0. The first kappa shape index (κ1) is 31.6. The molecule has 0 fully saturated rings. The molecular formula is C33H43N3O6. The van der Waals surface area contributed by atoms with Crippen LogP contribution in [0.25, 0.3) is 11.1 Å². The van der Waals surface area contributed by atoms with E-state index in [1.54, 1.807) is 6.92 Å². The van der Waals surface area contributed by atoms with Gasteiger partial charge < -0.3 is 24.1 Å². The first-order chi connectivity index (χ1) is 20.5. The molecule has 42 heavy (non-hydrogen) atoms. The maximum absolute atomic E-state index is 12.4. The van der Waals surface area contributed by atoms with E-state index in [4.69, 9.17) is 18.9 Å². The van der Waals surface area contributed by atoms with E-state index in [2.05, 4.69) is 78.3 Å². The second-order valence-corrected chi connectivity index (χ2v) is 10.6. The highest BCUT2D eigenvalue weighted by atomic mass is 16.7. The number of nitrogens with one attached hydrogen (secondary N) is 3. The van der Waals surface area contributed by atoms with Crippen molar-refractivity contribution in [2.75, 3.05) is 33.2 Å². The van der Waals surface area contributed by atoms with Crippen molar-refractivity contribution >= 4 is 6.16 Å². The molecule has 3 atom stereocenters. The molecule has 0 heterocycles. The number of hydrogen-bond acceptors (Lipinski definition) is 9. The van der Waals surface area contributed by atoms with Gasteiger partial charge in [-0.2, -0.15) is 0 Å². The van der Waals surface area contributed by atoms with E-state index in [-0.39, 0.29) is 31.8 Å². The summed E-state index contributed by atoms with van der Waals surface area (Å²) in [5.41, 5.74) is 5.93. The van der Waals surface area contributed by atoms with Crippen molar-refractivity contribution in [3.63, 3.8) is 0 Å². The zero-order valence-corrected chi connectivity index (χ0v) is 24.6. The van der Waals surface area contributed by atoms with E-state index < -0.39 is 24.8 Å². The molecule has 0 unspecified atom stereocenters. The predicted molar refractivity (Wildman–Crippen MR) is 161 cm³/mol. The highest BCUT2D eigenvalue weighted by Crippen LogP contribution is 2.44. The fourth-order valence-corrected chi connectivity index (χ4v) is 5.09. The van der Waals surface area contributed by atoms with E-state index >= 15 is 0 Å². The summed E-state index contributed by atoms with van der Waals surface area (Å²) in [6, 6.07) is 26.3. The molecule has 1 aliphatic rings. The van der Waals surface area contributed by atoms with Gasteiger partial charge in [0.1, 0.15) is 0 Å². The molecule has 0 aromatic heterocycles. The number of fused-ring (bicyclic) bond motifs is 3. The Balaban J connectivity index is 1.57. The molecule has 9 heteroatoms. The average molecular weight is 578 g/mol. The van der Waals surface area contributed by atoms with Crippen molar-refractivity contribution in [3.05, 3.63) is 95.6 Å². The summed E-state index contributed by atoms with van der Waals surface area (Å²) < 4.78 is 23.5. The van der Waals surface area contributed by atoms with Gasteiger partial charge in [-0.05, 0) is 47.1 Å². The topological polar surface area (TPSA) is 110 Å². The molecule has 4 N–H and O–H groups in total. The van der Waals surface area contributed by atoms with Gasteiger partial charge in [-0.15, -0.1) is 0 Å². The van der Waals surface area contributed by atoms with Crippen LogP contribution in [0, 0.1) is 5.92 Å². The van der Waals surface area contributed by atoms with Crippen LogP contribution < -0.4 is 16.0 Å². The minimum Gasteiger partial charge on any atom is -0.435 e. The summed E-state index contributed by atoms with van der Waals surface area (Å²) in [6.07, 6.45) is -1.91. The number of aliphatic hydroxyl groups excluding tert-OH is 1. The summed E-state index contributed by atoms with van der Waals surface area (Å²) in [5.74, 6) is 0.326. The maximum Gasteiger partial charge on any atom is 0.509 e. The van der Waals surface area contributed by atoms with Gasteiger partial charge in [0.25, 0.3) is 0 Å². The van der Waals surface area contributed by atoms with E-state index in [0.29, 0.717) is 19.6 Å². The number of benzene rings is 3. The van der Waals surface area contributed by atoms with Crippen LogP contribution in [0.15, 0.2) is 78.9 Å². The molecule has 226 valence electrons. The Bertz CT molecular complexity index is 1200. The molecule has 9 nitrogen and oxygen atoms in total. The molecule has 0 aliphatic heterocycles. The van der Waals surface area contributed by atoms with Crippen molar-refractivity contribution in [3.8, 4) is 11.1 Å². The van der Waals surface area contributed by atoms with Crippen molar-refractivity contribution < 1.29 is 28.8 Å². The maximum atomic E-state index is 12.4. The lowest BCUT2D eigenvalue weighted by molar-refractivity contribution is -0.178. The molecule has 3 aromatic carbocycles. The van der Waals surface area contributed by atoms with Gasteiger partial charge in [-0.25, -0.2) is 4.79 Å². The van der Waals surface area contributed by atoms with Crippen LogP contribution in [0.3, 0.4) is 0 Å². The Morgan fingerprint density at radius 3 is 2.17 bits per heavy atom. The summed E-state index contributed by atoms with van der Waals surface area (Å²) in [6.45, 7) is 6.89. The Labute approximate surface area is 248 Å². The third kappa shape index (κ3) is 8.84. The quantitative estimate of drug-likeness (QED) is 0.104. The van der Waals surface area contributed by atoms with Gasteiger partial charge in [0.15, 0.2) is 6.23 Å². The lowest BCUT2D eigenvalue weighted by Crippen LogP contribution is -2.57. The largest absolute Gasteiger partial charge is 0.509 e. The number of rotatable bonds is 17. The molecule has 4 rings (SSSR count). The van der Waals surface area contributed by atoms with Crippen molar-refractivity contribution in [2.24, 2.45) is 5.92 Å². The van der Waals surface area contributed by atoms with Gasteiger partial charge in [0.2, 0.25) is 6.41 Å². The Morgan fingerprint density at radius 1 is 0.905 bits per heavy atom. The lowest BCUT2D eigenvalue weighted by atomic mass is 9.98. The van der Waals surface area contributed by atoms with Crippen LogP contribution in [0.5, 0.6) is 0 Å². The SMILES string of the molecule is CCOC(=O)O[C@H](NCNCO)[C@H](Cc1ccccc1)N[C@@H](OCC(C)C)OCC1c2ccccc2-c2ccccc21. The van der Waals surface area contributed by atoms with E-state index in [1.807, 2.05) is 30.3 Å². The monoisotopic (exact) mass is 577 g/mol. The van der Waals surface area contributed by atoms with Gasteiger partial charge in [-0.3, -0.25) is 16.0 Å². The van der Waals surface area contributed by atoms with Crippen LogP contribution in [0.2, 0.25) is 0 Å². The zero-order valence-electron chi connectivity index (χ0n) is 24.6. The van der Waals surface area contributed by atoms with E-state index in [0.717, 1.165) is 5.56 Å². The molecule has 3 aromatic rings. The third-order valence-corrected chi connectivity index (χ3v) is 7.00. The van der Waals surface area contributed by atoms with Crippen LogP contribution in [0.4, 0.5) is 4.79 Å². The van der Waals surface area contributed by atoms with Gasteiger partial charge >= 0.3 is 6.16 Å². The van der Waals surface area contributed by atoms with E-state index in [9.17, 15) is 9.90 Å². The molecular weight excluding hydrogens is 534 g/mol. The molecule has 0 saturated carbocycles. The minimum atomic E-state index is -0.829. The van der Waals surface area contributed by atoms with E-state index in [1.165, 1.54) is 22.3 Å². The van der Waals surface area contributed by atoms with Crippen LogP contribution in [0.1, 0.15) is 43.4 Å². The second-order valence-electron chi connectivity index (χ2n) is 10.6. The average Bonchev–Trinajstić information content (AvgIpc) is 3.32. The molecule has 0 saturated heterocycles. The molecule has 0 amide bonds. The smallest absolute Gasteiger partial charge is 0.435 e. The number of aliphatic hydroxyl groups is 1. The normalized spacial score (nSPS) is 14.7. The molecule has 1 aliphatic carbocycles. The summed E-state index contributed by atoms with van der Waals surface area (Å²) in [5, 5.41) is 18.7. The van der Waals surface area contributed by atoms with Gasteiger partial charge in [0, 0.05) is 5.92 Å². The minimum absolute atomic E-state index is 0.0513. The first-order valence-corrected chi connectivity index (χ1v) is 14.6. The van der Waals surface area contributed by atoms with Crippen molar-refractivity contribution in [1.29, 1.82) is 0 Å². The fourth-order valence-electron chi connectivity index (χ4n) is 5.09. The second kappa shape index (κ2) is 16.4. The third-order valence-electron chi connectivity index (χ3n) is 7.00. The summed E-state index contributed by atoms with van der Waals surface area (Å²) in [4.78, 5) is 12.4.